The van der Waals surface area contributed by atoms with Crippen molar-refractivity contribution in [3.05, 3.63) is 65.4 Å². The largest absolute Gasteiger partial charge is 0.272 e. The topological polar surface area (TPSA) is 59.7 Å². The predicted molar refractivity (Wildman–Crippen MR) is 113 cm³/mol. The van der Waals surface area contributed by atoms with Gasteiger partial charge in [0.2, 0.25) is 5.91 Å². The molecule has 162 valence electrons. The number of pyridine rings is 1. The molecule has 1 saturated heterocycles. The fourth-order valence-corrected chi connectivity index (χ4v) is 4.96. The van der Waals surface area contributed by atoms with Gasteiger partial charge in [0.05, 0.1) is 12.6 Å². The van der Waals surface area contributed by atoms with Crippen molar-refractivity contribution in [2.45, 2.75) is 51.5 Å². The number of benzene rings is 1. The first-order valence-corrected chi connectivity index (χ1v) is 11.1. The Morgan fingerprint density at radius 1 is 1.10 bits per heavy atom. The number of halogens is 1. The molecule has 2 aromatic heterocycles. The molecule has 0 N–H and O–H groups in total. The number of aromatic nitrogens is 3. The van der Waals surface area contributed by atoms with Crippen LogP contribution in [0.2, 0.25) is 0 Å². The zero-order valence-corrected chi connectivity index (χ0v) is 17.7. The Kier molecular flexibility index (Phi) is 5.44. The zero-order chi connectivity index (χ0) is 21.4. The summed E-state index contributed by atoms with van der Waals surface area (Å²) in [7, 11) is 0. The summed E-state index contributed by atoms with van der Waals surface area (Å²) in [6.45, 7) is 2.42. The molecule has 2 aliphatic rings. The van der Waals surface area contributed by atoms with E-state index in [2.05, 4.69) is 22.3 Å². The Morgan fingerprint density at radius 2 is 1.87 bits per heavy atom. The van der Waals surface area contributed by atoms with E-state index in [1.165, 1.54) is 17.7 Å². The van der Waals surface area contributed by atoms with Gasteiger partial charge in [-0.25, -0.2) is 19.0 Å². The Bertz CT molecular complexity index is 1070. The van der Waals surface area contributed by atoms with Crippen molar-refractivity contribution >= 4 is 11.6 Å². The van der Waals surface area contributed by atoms with Crippen LogP contribution >= 0.6 is 0 Å². The summed E-state index contributed by atoms with van der Waals surface area (Å²) in [6, 6.07) is 10.4. The number of carbonyl (C=O) groups excluding carboxylic acids is 1. The molecule has 31 heavy (non-hydrogen) atoms. The lowest BCUT2D eigenvalue weighted by atomic mass is 9.79. The van der Waals surface area contributed by atoms with Crippen LogP contribution in [0, 0.1) is 24.6 Å². The van der Waals surface area contributed by atoms with E-state index in [-0.39, 0.29) is 23.7 Å². The maximum absolute atomic E-state index is 13.3. The van der Waals surface area contributed by atoms with Gasteiger partial charge in [0.1, 0.15) is 11.6 Å². The lowest BCUT2D eigenvalue weighted by Crippen LogP contribution is -2.36. The first-order valence-electron chi connectivity index (χ1n) is 11.1. The summed E-state index contributed by atoms with van der Waals surface area (Å²) < 4.78 is 15.1. The van der Waals surface area contributed by atoms with Gasteiger partial charge < -0.3 is 0 Å². The van der Waals surface area contributed by atoms with Gasteiger partial charge in [0.25, 0.3) is 0 Å². The average Bonchev–Trinajstić information content (AvgIpc) is 3.40. The van der Waals surface area contributed by atoms with Gasteiger partial charge in [-0.05, 0) is 74.3 Å². The smallest absolute Gasteiger partial charge is 0.249 e. The van der Waals surface area contributed by atoms with E-state index >= 15 is 0 Å². The van der Waals surface area contributed by atoms with Crippen LogP contribution in [0.15, 0.2) is 42.6 Å². The second kappa shape index (κ2) is 8.38. The molecule has 5 rings (SSSR count). The van der Waals surface area contributed by atoms with E-state index < -0.39 is 0 Å². The van der Waals surface area contributed by atoms with Gasteiger partial charge in [-0.15, -0.1) is 0 Å². The van der Waals surface area contributed by atoms with Crippen LogP contribution in [0.25, 0.3) is 5.65 Å². The number of hydrogen-bond donors (Lipinski definition) is 0. The lowest BCUT2D eigenvalue weighted by molar-refractivity contribution is -0.183. The van der Waals surface area contributed by atoms with Crippen molar-refractivity contribution in [2.24, 2.45) is 11.8 Å². The SMILES string of the molecule is Cc1nc2ccc(C[C@H]3CC[C@H](C(=O)N4OCC[C@H]4c4ccc(F)cc4)CC3)cn2n1. The van der Waals surface area contributed by atoms with Crippen molar-refractivity contribution in [3.63, 3.8) is 0 Å². The van der Waals surface area contributed by atoms with Gasteiger partial charge >= 0.3 is 0 Å². The highest BCUT2D eigenvalue weighted by atomic mass is 19.1. The molecule has 0 spiro atoms. The van der Waals surface area contributed by atoms with Crippen LogP contribution in [-0.4, -0.2) is 32.2 Å². The van der Waals surface area contributed by atoms with Gasteiger partial charge in [0.15, 0.2) is 5.65 Å². The summed E-state index contributed by atoms with van der Waals surface area (Å²) in [6.07, 6.45) is 7.62. The number of hydrogen-bond acceptors (Lipinski definition) is 4. The van der Waals surface area contributed by atoms with Crippen molar-refractivity contribution in [1.82, 2.24) is 19.7 Å². The molecule has 1 amide bonds. The van der Waals surface area contributed by atoms with Crippen molar-refractivity contribution in [1.29, 1.82) is 0 Å². The molecule has 3 heterocycles. The molecule has 0 radical (unpaired) electrons. The van der Waals surface area contributed by atoms with Crippen LogP contribution in [0.4, 0.5) is 4.39 Å². The number of carbonyl (C=O) groups is 1. The molecule has 1 aliphatic carbocycles. The fraction of sp³-hybridized carbons (Fsp3) is 0.458. The molecule has 6 nitrogen and oxygen atoms in total. The van der Waals surface area contributed by atoms with Crippen LogP contribution in [0.5, 0.6) is 0 Å². The second-order valence-corrected chi connectivity index (χ2v) is 8.77. The van der Waals surface area contributed by atoms with Crippen LogP contribution in [-0.2, 0) is 16.1 Å². The molecule has 1 saturated carbocycles. The molecule has 1 aromatic carbocycles. The van der Waals surface area contributed by atoms with Gasteiger partial charge in [-0.2, -0.15) is 5.10 Å². The molecule has 2 fully saturated rings. The predicted octanol–water partition coefficient (Wildman–Crippen LogP) is 4.43. The van der Waals surface area contributed by atoms with E-state index in [4.69, 9.17) is 4.84 Å². The Labute approximate surface area is 181 Å². The van der Waals surface area contributed by atoms with Gasteiger partial charge in [0, 0.05) is 18.5 Å². The van der Waals surface area contributed by atoms with Crippen molar-refractivity contribution in [2.75, 3.05) is 6.61 Å². The Hall–Kier alpha value is -2.80. The summed E-state index contributed by atoms with van der Waals surface area (Å²) >= 11 is 0. The first-order chi connectivity index (χ1) is 15.1. The second-order valence-electron chi connectivity index (χ2n) is 8.77. The highest BCUT2D eigenvalue weighted by Crippen LogP contribution is 2.37. The number of amides is 1. The van der Waals surface area contributed by atoms with Crippen molar-refractivity contribution < 1.29 is 14.0 Å². The minimum atomic E-state index is -0.267. The van der Waals surface area contributed by atoms with E-state index in [1.807, 2.05) is 17.5 Å². The molecule has 3 aromatic rings. The van der Waals surface area contributed by atoms with E-state index in [0.717, 1.165) is 55.6 Å². The van der Waals surface area contributed by atoms with Gasteiger partial charge in [-0.3, -0.25) is 9.63 Å². The summed E-state index contributed by atoms with van der Waals surface area (Å²) in [5.41, 5.74) is 3.06. The molecule has 1 atom stereocenters. The van der Waals surface area contributed by atoms with Crippen LogP contribution in [0.1, 0.15) is 55.1 Å². The standard InChI is InChI=1S/C24H27FN4O2/c1-16-26-23-11-4-18(15-28(23)27-16)14-17-2-5-20(6-3-17)24(30)29-22(12-13-31-29)19-7-9-21(25)10-8-19/h4,7-11,15,17,20,22H,2-3,5-6,12-14H2,1H3/t17-,20-,22-/m0/s1. The zero-order valence-electron chi connectivity index (χ0n) is 17.7. The fourth-order valence-electron chi connectivity index (χ4n) is 4.96. The molecule has 1 aliphatic heterocycles. The van der Waals surface area contributed by atoms with Crippen LogP contribution < -0.4 is 0 Å². The maximum Gasteiger partial charge on any atom is 0.249 e. The molecule has 7 heteroatoms. The van der Waals surface area contributed by atoms with E-state index in [9.17, 15) is 9.18 Å². The van der Waals surface area contributed by atoms with E-state index in [1.54, 1.807) is 17.2 Å². The maximum atomic E-state index is 13.3. The molecule has 0 bridgehead atoms. The third-order valence-corrected chi connectivity index (χ3v) is 6.60. The molecule has 0 unspecified atom stereocenters. The third-order valence-electron chi connectivity index (χ3n) is 6.60. The lowest BCUT2D eigenvalue weighted by Gasteiger charge is -2.32. The number of rotatable bonds is 4. The Balaban J connectivity index is 1.19. The normalized spacial score (nSPS) is 24.1. The number of hydroxylamine groups is 2. The number of aryl methyl sites for hydroxylation is 1. The minimum absolute atomic E-state index is 0.00209. The van der Waals surface area contributed by atoms with E-state index in [0.29, 0.717) is 12.5 Å². The molecular weight excluding hydrogens is 395 g/mol. The highest BCUT2D eigenvalue weighted by molar-refractivity contribution is 5.78. The minimum Gasteiger partial charge on any atom is -0.272 e. The summed E-state index contributed by atoms with van der Waals surface area (Å²) in [5, 5.41) is 5.96. The monoisotopic (exact) mass is 422 g/mol. The summed E-state index contributed by atoms with van der Waals surface area (Å²) in [5.74, 6) is 1.15. The summed E-state index contributed by atoms with van der Waals surface area (Å²) in [4.78, 5) is 23.3. The van der Waals surface area contributed by atoms with Gasteiger partial charge in [-0.1, -0.05) is 18.2 Å². The third kappa shape index (κ3) is 4.19. The molecular formula is C24H27FN4O2. The number of fused-ring (bicyclic) bond motifs is 1. The van der Waals surface area contributed by atoms with Crippen molar-refractivity contribution in [3.8, 4) is 0 Å². The highest BCUT2D eigenvalue weighted by Gasteiger charge is 2.37. The quantitative estimate of drug-likeness (QED) is 0.624. The first kappa shape index (κ1) is 20.1. The Morgan fingerprint density at radius 3 is 2.65 bits per heavy atom. The number of nitrogens with zero attached hydrogens (tertiary/aromatic N) is 4. The average molecular weight is 423 g/mol. The van der Waals surface area contributed by atoms with Crippen LogP contribution in [0.3, 0.4) is 0 Å².